The van der Waals surface area contributed by atoms with E-state index in [9.17, 15) is 0 Å². The van der Waals surface area contributed by atoms with Crippen LogP contribution in [0.5, 0.6) is 0 Å². The van der Waals surface area contributed by atoms with Crippen LogP contribution in [0.1, 0.15) is 0 Å². The third kappa shape index (κ3) is 1.68. The molecule has 90 valence electrons. The summed E-state index contributed by atoms with van der Waals surface area (Å²) < 4.78 is 0. The van der Waals surface area contributed by atoms with Crippen molar-refractivity contribution in [2.45, 2.75) is 0 Å². The monoisotopic (exact) mass is 243 g/mol. The maximum atomic E-state index is 4.52. The van der Waals surface area contributed by atoms with Gasteiger partial charge in [-0.2, -0.15) is 0 Å². The number of nitrogens with zero attached hydrogens (tertiary/aromatic N) is 1. The summed E-state index contributed by atoms with van der Waals surface area (Å²) >= 11 is 0. The van der Waals surface area contributed by atoms with Gasteiger partial charge in [0.15, 0.2) is 0 Å². The molecular weight excluding hydrogens is 229 g/mol. The molecule has 2 heteroatoms. The molecule has 1 aromatic heterocycles. The molecule has 1 heterocycles. The lowest BCUT2D eigenvalue weighted by Gasteiger charge is -2.06. The van der Waals surface area contributed by atoms with E-state index in [4.69, 9.17) is 0 Å². The molecule has 3 aromatic carbocycles. The third-order valence-electron chi connectivity index (χ3n) is 3.49. The normalized spacial score (nSPS) is 10.7. The van der Waals surface area contributed by atoms with Gasteiger partial charge in [0, 0.05) is 17.0 Å². The highest BCUT2D eigenvalue weighted by Gasteiger charge is 2.04. The predicted molar refractivity (Wildman–Crippen MR) is 86.7 cm³/mol. The van der Waals surface area contributed by atoms with Gasteiger partial charge in [0.1, 0.15) is 0 Å². The molecule has 0 amide bonds. The van der Waals surface area contributed by atoms with Crippen molar-refractivity contribution in [3.8, 4) is 0 Å². The average molecular weight is 243 g/mol. The molecule has 19 heavy (non-hydrogen) atoms. The van der Waals surface area contributed by atoms with Gasteiger partial charge < -0.3 is 0 Å². The topological polar surface area (TPSA) is 12.9 Å². The van der Waals surface area contributed by atoms with E-state index in [0.717, 1.165) is 5.52 Å². The molecule has 0 radical (unpaired) electrons. The van der Waals surface area contributed by atoms with Crippen molar-refractivity contribution in [2.24, 2.45) is 0 Å². The molecule has 4 rings (SSSR count). The molecule has 4 aromatic rings. The van der Waals surface area contributed by atoms with E-state index >= 15 is 0 Å². The molecule has 0 unspecified atom stereocenters. The quantitative estimate of drug-likeness (QED) is 0.341. The van der Waals surface area contributed by atoms with Crippen LogP contribution < -0.4 is 0 Å². The molecule has 0 N–H and O–H groups in total. The number of benzene rings is 3. The Kier molecular flexibility index (Phi) is 2.71. The Hall–Kier alpha value is -2.35. The first-order chi connectivity index (χ1) is 8.93. The lowest BCUT2D eigenvalue weighted by atomic mass is 10.00. The summed E-state index contributed by atoms with van der Waals surface area (Å²) in [5.41, 5.74) is 1.08. The molecule has 0 aliphatic heterocycles. The van der Waals surface area contributed by atoms with Crippen molar-refractivity contribution < 1.29 is 0 Å². The molecule has 0 fully saturated rings. The maximum Gasteiger partial charge on any atom is 0.0814 e. The van der Waals surface area contributed by atoms with Gasteiger partial charge in [0.2, 0.25) is 0 Å². The van der Waals surface area contributed by atoms with Gasteiger partial charge in [0.25, 0.3) is 0 Å². The van der Waals surface area contributed by atoms with Crippen molar-refractivity contribution in [1.82, 2.24) is 4.98 Å². The highest BCUT2D eigenvalue weighted by atomic mass is 14.6. The predicted octanol–water partition coefficient (Wildman–Crippen LogP) is 3.36. The zero-order chi connectivity index (χ0) is 11.9. The van der Waals surface area contributed by atoms with E-state index in [2.05, 4.69) is 59.6 Å². The molecular formula is C17H14BN. The number of hydrogen-bond donors (Lipinski definition) is 0. The molecule has 0 aliphatic rings. The Labute approximate surface area is 113 Å². The lowest BCUT2D eigenvalue weighted by molar-refractivity contribution is 1.43. The van der Waals surface area contributed by atoms with Crippen LogP contribution >= 0.6 is 0 Å². The Bertz CT molecular complexity index is 808. The van der Waals surface area contributed by atoms with Gasteiger partial charge in [0.05, 0.1) is 13.9 Å². The average Bonchev–Trinajstić information content (AvgIpc) is 2.46. The van der Waals surface area contributed by atoms with E-state index in [0.29, 0.717) is 0 Å². The number of aromatic nitrogens is 1. The standard InChI is InChI=1S/C17H11N.BH3/c1-2-6-14-12(4-1)7-10-16-15(14)9-8-13-5-3-11-18-17(13)16;/h1-11H;1H3. The Morgan fingerprint density at radius 1 is 0.579 bits per heavy atom. The zero-order valence-corrected chi connectivity index (χ0v) is 9.80. The lowest BCUT2D eigenvalue weighted by Crippen LogP contribution is -1.82. The first-order valence-corrected chi connectivity index (χ1v) is 6.09. The van der Waals surface area contributed by atoms with Crippen LogP contribution in [0.2, 0.25) is 0 Å². The van der Waals surface area contributed by atoms with Gasteiger partial charge in [-0.3, -0.25) is 4.98 Å². The van der Waals surface area contributed by atoms with Crippen LogP contribution in [0.4, 0.5) is 0 Å². The largest absolute Gasteiger partial charge is 0.256 e. The number of rotatable bonds is 0. The minimum atomic E-state index is 0. The molecule has 0 saturated heterocycles. The van der Waals surface area contributed by atoms with E-state index in [1.54, 1.807) is 0 Å². The van der Waals surface area contributed by atoms with Crippen LogP contribution in [0, 0.1) is 0 Å². The second kappa shape index (κ2) is 4.40. The Balaban J connectivity index is 0.00000110. The van der Waals surface area contributed by atoms with E-state index in [-0.39, 0.29) is 8.41 Å². The fourth-order valence-electron chi connectivity index (χ4n) is 2.63. The van der Waals surface area contributed by atoms with Crippen molar-refractivity contribution in [2.75, 3.05) is 0 Å². The van der Waals surface area contributed by atoms with Crippen LogP contribution in [0.3, 0.4) is 0 Å². The van der Waals surface area contributed by atoms with E-state index < -0.39 is 0 Å². The first-order valence-electron chi connectivity index (χ1n) is 6.09. The van der Waals surface area contributed by atoms with Crippen molar-refractivity contribution >= 4 is 40.9 Å². The second-order valence-electron chi connectivity index (χ2n) is 4.52. The van der Waals surface area contributed by atoms with Crippen molar-refractivity contribution in [1.29, 1.82) is 0 Å². The van der Waals surface area contributed by atoms with Gasteiger partial charge in [-0.15, -0.1) is 0 Å². The van der Waals surface area contributed by atoms with Crippen LogP contribution in [0.15, 0.2) is 66.9 Å². The van der Waals surface area contributed by atoms with Gasteiger partial charge in [-0.1, -0.05) is 54.6 Å². The highest BCUT2D eigenvalue weighted by Crippen LogP contribution is 2.29. The Morgan fingerprint density at radius 2 is 1.32 bits per heavy atom. The van der Waals surface area contributed by atoms with Crippen LogP contribution in [-0.2, 0) is 0 Å². The highest BCUT2D eigenvalue weighted by molar-refractivity contribution is 6.15. The van der Waals surface area contributed by atoms with E-state index in [1.807, 2.05) is 12.3 Å². The second-order valence-corrected chi connectivity index (χ2v) is 4.52. The third-order valence-corrected chi connectivity index (χ3v) is 3.49. The fraction of sp³-hybridized carbons (Fsp3) is 0. The SMILES string of the molecule is B.c1ccc2c(c1)ccc1c2ccc2cccnc21. The van der Waals surface area contributed by atoms with E-state index in [1.165, 1.54) is 26.9 Å². The zero-order valence-electron chi connectivity index (χ0n) is 9.80. The summed E-state index contributed by atoms with van der Waals surface area (Å²) in [5, 5.41) is 6.27. The molecule has 0 atom stereocenters. The van der Waals surface area contributed by atoms with Gasteiger partial charge in [-0.05, 0) is 22.2 Å². The summed E-state index contributed by atoms with van der Waals surface area (Å²) in [4.78, 5) is 4.52. The van der Waals surface area contributed by atoms with Gasteiger partial charge in [-0.25, -0.2) is 0 Å². The first kappa shape index (κ1) is 11.7. The summed E-state index contributed by atoms with van der Waals surface area (Å²) in [6, 6.07) is 21.3. The number of fused-ring (bicyclic) bond motifs is 5. The molecule has 0 spiro atoms. The number of pyridine rings is 1. The smallest absolute Gasteiger partial charge is 0.0814 e. The van der Waals surface area contributed by atoms with Crippen LogP contribution in [0.25, 0.3) is 32.4 Å². The summed E-state index contributed by atoms with van der Waals surface area (Å²) in [7, 11) is 0. The van der Waals surface area contributed by atoms with Gasteiger partial charge >= 0.3 is 0 Å². The summed E-state index contributed by atoms with van der Waals surface area (Å²) in [6.45, 7) is 0. The van der Waals surface area contributed by atoms with Crippen molar-refractivity contribution in [3.05, 3.63) is 66.9 Å². The molecule has 0 bridgehead atoms. The summed E-state index contributed by atoms with van der Waals surface area (Å²) in [6.07, 6.45) is 1.86. The minimum Gasteiger partial charge on any atom is -0.256 e. The Morgan fingerprint density at radius 3 is 2.26 bits per heavy atom. The minimum absolute atomic E-state index is 0. The molecule has 0 saturated carbocycles. The van der Waals surface area contributed by atoms with Crippen molar-refractivity contribution in [3.63, 3.8) is 0 Å². The molecule has 0 aliphatic carbocycles. The number of hydrogen-bond acceptors (Lipinski definition) is 1. The maximum absolute atomic E-state index is 4.52. The molecule has 1 nitrogen and oxygen atoms in total. The fourth-order valence-corrected chi connectivity index (χ4v) is 2.63. The van der Waals surface area contributed by atoms with Crippen LogP contribution in [-0.4, -0.2) is 13.4 Å². The summed E-state index contributed by atoms with van der Waals surface area (Å²) in [5.74, 6) is 0.